The predicted octanol–water partition coefficient (Wildman–Crippen LogP) is 3.64. The first kappa shape index (κ1) is 17.3. The average Bonchev–Trinajstić information content (AvgIpc) is 3.01. The first-order valence-corrected chi connectivity index (χ1v) is 9.83. The quantitative estimate of drug-likeness (QED) is 0.821. The minimum absolute atomic E-state index is 0.231. The Bertz CT molecular complexity index is 839. The number of fused-ring (bicyclic) bond motifs is 5. The van der Waals surface area contributed by atoms with Gasteiger partial charge in [0.1, 0.15) is 11.4 Å². The largest absolute Gasteiger partial charge is 0.504 e. The molecule has 5 heteroatoms. The number of allylic oxidation sites excluding steroid dienone is 1. The van der Waals surface area contributed by atoms with E-state index in [-0.39, 0.29) is 5.92 Å². The lowest BCUT2D eigenvalue weighted by Gasteiger charge is -2.50. The Morgan fingerprint density at radius 2 is 2.30 bits per heavy atom. The Kier molecular flexibility index (Phi) is 4.44. The lowest BCUT2D eigenvalue weighted by molar-refractivity contribution is 0.0176. The SMILES string of the molecule is [2H][C@@]12C[C@H](/C(C)=C\OC)[C@H](CC)CN1CC[C@@]1(O)C2=Nc2cccc(OC)c21. The molecule has 1 aromatic rings. The molecule has 0 spiro atoms. The Morgan fingerprint density at radius 3 is 3.00 bits per heavy atom. The van der Waals surface area contributed by atoms with Crippen LogP contribution in [0.5, 0.6) is 5.75 Å². The highest BCUT2D eigenvalue weighted by atomic mass is 16.5. The van der Waals surface area contributed by atoms with Crippen LogP contribution in [0.25, 0.3) is 0 Å². The highest BCUT2D eigenvalue weighted by Gasteiger charge is 2.53. The number of aliphatic imine (C=N–C) groups is 1. The lowest BCUT2D eigenvalue weighted by atomic mass is 9.70. The third-order valence-corrected chi connectivity index (χ3v) is 6.51. The van der Waals surface area contributed by atoms with E-state index >= 15 is 0 Å². The molecule has 1 aromatic carbocycles. The van der Waals surface area contributed by atoms with Gasteiger partial charge in [0.25, 0.3) is 0 Å². The van der Waals surface area contributed by atoms with Gasteiger partial charge in [-0.3, -0.25) is 9.89 Å². The molecule has 1 N–H and O–H groups in total. The van der Waals surface area contributed by atoms with Gasteiger partial charge < -0.3 is 14.6 Å². The number of ether oxygens (including phenoxy) is 2. The molecular weight excluding hydrogens is 340 g/mol. The van der Waals surface area contributed by atoms with Crippen molar-refractivity contribution in [1.82, 2.24) is 4.90 Å². The average molecular weight is 371 g/mol. The van der Waals surface area contributed by atoms with Crippen LogP contribution in [0.15, 0.2) is 35.0 Å². The fourth-order valence-corrected chi connectivity index (χ4v) is 5.09. The second kappa shape index (κ2) is 6.95. The molecule has 4 atom stereocenters. The van der Waals surface area contributed by atoms with Crippen LogP contribution in [0.4, 0.5) is 5.69 Å². The zero-order chi connectivity index (χ0) is 20.1. The maximum atomic E-state index is 11.7. The van der Waals surface area contributed by atoms with Gasteiger partial charge in [-0.15, -0.1) is 0 Å². The number of piperidine rings is 2. The van der Waals surface area contributed by atoms with Crippen molar-refractivity contribution >= 4 is 11.4 Å². The van der Waals surface area contributed by atoms with Crippen molar-refractivity contribution in [2.75, 3.05) is 27.3 Å². The Labute approximate surface area is 163 Å². The summed E-state index contributed by atoms with van der Waals surface area (Å²) >= 11 is 0. The van der Waals surface area contributed by atoms with Crippen LogP contribution in [-0.2, 0) is 10.3 Å². The molecule has 0 saturated carbocycles. The van der Waals surface area contributed by atoms with Crippen LogP contribution in [0.2, 0.25) is 0 Å². The summed E-state index contributed by atoms with van der Waals surface area (Å²) < 4.78 is 20.3. The molecule has 5 nitrogen and oxygen atoms in total. The monoisotopic (exact) mass is 371 g/mol. The van der Waals surface area contributed by atoms with E-state index in [9.17, 15) is 6.48 Å². The van der Waals surface area contributed by atoms with E-state index in [0.717, 1.165) is 29.8 Å². The third kappa shape index (κ3) is 2.79. The number of benzene rings is 1. The van der Waals surface area contributed by atoms with Crippen LogP contribution < -0.4 is 4.74 Å². The third-order valence-electron chi connectivity index (χ3n) is 6.51. The fourth-order valence-electron chi connectivity index (χ4n) is 5.09. The zero-order valence-electron chi connectivity index (χ0n) is 17.7. The van der Waals surface area contributed by atoms with Crippen LogP contribution in [0, 0.1) is 11.8 Å². The first-order valence-electron chi connectivity index (χ1n) is 10.3. The van der Waals surface area contributed by atoms with Gasteiger partial charge in [0, 0.05) is 13.1 Å². The number of hydrogen-bond donors (Lipinski definition) is 1. The van der Waals surface area contributed by atoms with E-state index < -0.39 is 11.6 Å². The van der Waals surface area contributed by atoms with E-state index in [2.05, 4.69) is 18.7 Å². The molecule has 0 unspecified atom stereocenters. The summed E-state index contributed by atoms with van der Waals surface area (Å²) in [5.74, 6) is 1.34. The summed E-state index contributed by atoms with van der Waals surface area (Å²) in [6.07, 6.45) is 4.00. The highest BCUT2D eigenvalue weighted by Crippen LogP contribution is 2.51. The number of hydrogen-bond acceptors (Lipinski definition) is 5. The zero-order valence-corrected chi connectivity index (χ0v) is 16.7. The maximum absolute atomic E-state index is 11.7. The second-order valence-corrected chi connectivity index (χ2v) is 7.89. The first-order chi connectivity index (χ1) is 13.4. The van der Waals surface area contributed by atoms with Crippen molar-refractivity contribution in [3.8, 4) is 5.75 Å². The van der Waals surface area contributed by atoms with Crippen LogP contribution in [-0.4, -0.2) is 49.0 Å². The molecular formula is C22H30N2O3. The summed E-state index contributed by atoms with van der Waals surface area (Å²) in [4.78, 5) is 7.02. The van der Waals surface area contributed by atoms with E-state index in [4.69, 9.17) is 14.5 Å². The summed E-state index contributed by atoms with van der Waals surface area (Å²) in [5, 5.41) is 11.7. The lowest BCUT2D eigenvalue weighted by Crippen LogP contribution is -2.60. The normalized spacial score (nSPS) is 36.3. The van der Waals surface area contributed by atoms with Gasteiger partial charge in [0.15, 0.2) is 0 Å². The molecule has 0 aliphatic carbocycles. The van der Waals surface area contributed by atoms with E-state index in [1.807, 2.05) is 18.2 Å². The number of nitrogens with zero attached hydrogens (tertiary/aromatic N) is 2. The molecule has 0 amide bonds. The van der Waals surface area contributed by atoms with E-state index in [1.54, 1.807) is 20.5 Å². The van der Waals surface area contributed by atoms with Gasteiger partial charge in [0.2, 0.25) is 0 Å². The second-order valence-electron chi connectivity index (χ2n) is 7.89. The van der Waals surface area contributed by atoms with Gasteiger partial charge in [-0.1, -0.05) is 19.4 Å². The van der Waals surface area contributed by atoms with Gasteiger partial charge in [-0.25, -0.2) is 0 Å². The van der Waals surface area contributed by atoms with Crippen molar-refractivity contribution < 1.29 is 16.0 Å². The van der Waals surface area contributed by atoms with Crippen LogP contribution in [0.3, 0.4) is 0 Å². The Morgan fingerprint density at radius 1 is 1.48 bits per heavy atom. The minimum Gasteiger partial charge on any atom is -0.504 e. The Hall–Kier alpha value is -1.85. The summed E-state index contributed by atoms with van der Waals surface area (Å²) in [6, 6.07) is 4.62. The van der Waals surface area contributed by atoms with Crippen molar-refractivity contribution in [3.63, 3.8) is 0 Å². The highest BCUT2D eigenvalue weighted by molar-refractivity contribution is 6.05. The standard InChI is InChI=1S/C22H30N2O3/c1-5-15-12-24-10-9-22(25)20-17(7-6-8-19(20)27-4)23-21(22)18(24)11-16(15)14(2)13-26-3/h6-8,13,15-16,18,25H,5,9-12H2,1-4H3/b14-13-/t15-,16-,18+,22+/m1/s1/i18D. The van der Waals surface area contributed by atoms with Gasteiger partial charge >= 0.3 is 0 Å². The molecule has 3 aliphatic rings. The van der Waals surface area contributed by atoms with E-state index in [1.165, 1.54) is 0 Å². The fraction of sp³-hybridized carbons (Fsp3) is 0.591. The number of rotatable bonds is 4. The van der Waals surface area contributed by atoms with E-state index in [0.29, 0.717) is 36.8 Å². The van der Waals surface area contributed by atoms with Crippen molar-refractivity contribution in [1.29, 1.82) is 0 Å². The molecule has 3 aliphatic heterocycles. The molecule has 0 aromatic heterocycles. The summed E-state index contributed by atoms with van der Waals surface area (Å²) in [6.45, 7) is 5.80. The van der Waals surface area contributed by atoms with Crippen LogP contribution >= 0.6 is 0 Å². The van der Waals surface area contributed by atoms with Gasteiger partial charge in [-0.2, -0.15) is 0 Å². The number of aliphatic hydroxyl groups is 1. The molecule has 27 heavy (non-hydrogen) atoms. The smallest absolute Gasteiger partial charge is 0.136 e. The van der Waals surface area contributed by atoms with Crippen molar-refractivity contribution in [2.24, 2.45) is 16.8 Å². The van der Waals surface area contributed by atoms with Crippen molar-refractivity contribution in [2.45, 2.75) is 44.7 Å². The maximum Gasteiger partial charge on any atom is 0.136 e. The van der Waals surface area contributed by atoms with Gasteiger partial charge in [-0.05, 0) is 49.3 Å². The molecule has 146 valence electrons. The molecule has 0 radical (unpaired) electrons. The molecule has 2 saturated heterocycles. The Balaban J connectivity index is 1.78. The number of methoxy groups -OCH3 is 2. The minimum atomic E-state index is -1.23. The molecule has 0 bridgehead atoms. The summed E-state index contributed by atoms with van der Waals surface area (Å²) in [5.41, 5.74) is 1.92. The van der Waals surface area contributed by atoms with Gasteiger partial charge in [0.05, 0.1) is 44.8 Å². The topological polar surface area (TPSA) is 54.3 Å². The molecule has 2 fully saturated rings. The van der Waals surface area contributed by atoms with Crippen LogP contribution in [0.1, 0.15) is 40.0 Å². The molecule has 3 heterocycles. The molecule has 4 rings (SSSR count). The summed E-state index contributed by atoms with van der Waals surface area (Å²) in [7, 11) is 3.28. The van der Waals surface area contributed by atoms with Crippen molar-refractivity contribution in [3.05, 3.63) is 35.6 Å². The predicted molar refractivity (Wildman–Crippen MR) is 107 cm³/mol.